The Morgan fingerprint density at radius 2 is 2.07 bits per heavy atom. The van der Waals surface area contributed by atoms with E-state index in [4.69, 9.17) is 9.47 Å². The molecular formula is C21H23N3O3. The van der Waals surface area contributed by atoms with Crippen molar-refractivity contribution in [3.8, 4) is 5.75 Å². The lowest BCUT2D eigenvalue weighted by Crippen LogP contribution is -2.27. The van der Waals surface area contributed by atoms with Gasteiger partial charge in [-0.2, -0.15) is 0 Å². The molecular weight excluding hydrogens is 342 g/mol. The Balaban J connectivity index is 1.46. The number of hydrogen-bond donors (Lipinski definition) is 1. The van der Waals surface area contributed by atoms with Gasteiger partial charge in [0.2, 0.25) is 0 Å². The van der Waals surface area contributed by atoms with Gasteiger partial charge in [-0.3, -0.25) is 4.79 Å². The maximum absolute atomic E-state index is 13.0. The first-order chi connectivity index (χ1) is 13.2. The zero-order valence-electron chi connectivity index (χ0n) is 15.4. The number of fused-ring (bicyclic) bond motifs is 1. The molecule has 3 aromatic rings. The van der Waals surface area contributed by atoms with Crippen LogP contribution in [0.15, 0.2) is 48.5 Å². The van der Waals surface area contributed by atoms with Crippen molar-refractivity contribution >= 4 is 16.9 Å². The molecule has 2 heterocycles. The number of H-pyrrole nitrogens is 1. The van der Waals surface area contributed by atoms with E-state index < -0.39 is 0 Å². The minimum absolute atomic E-state index is 0.0987. The fraction of sp³-hybridized carbons (Fsp3) is 0.333. The van der Waals surface area contributed by atoms with Gasteiger partial charge < -0.3 is 19.4 Å². The first kappa shape index (κ1) is 17.5. The summed E-state index contributed by atoms with van der Waals surface area (Å²) >= 11 is 0. The maximum Gasteiger partial charge on any atom is 0.257 e. The summed E-state index contributed by atoms with van der Waals surface area (Å²) in [5, 5.41) is 0. The normalized spacial score (nSPS) is 16.6. The van der Waals surface area contributed by atoms with Crippen molar-refractivity contribution in [2.75, 3.05) is 20.3 Å². The molecule has 1 amide bonds. The van der Waals surface area contributed by atoms with Gasteiger partial charge in [-0.1, -0.05) is 24.3 Å². The Bertz CT molecular complexity index is 898. The summed E-state index contributed by atoms with van der Waals surface area (Å²) in [6.45, 7) is 1.65. The van der Waals surface area contributed by atoms with Crippen molar-refractivity contribution in [1.29, 1.82) is 0 Å². The SMILES string of the molecule is CN(Cc1nc2ccccc2[nH]1)C(=O)c1ccccc1OC[C@@H]1CCCO1. The summed E-state index contributed by atoms with van der Waals surface area (Å²) in [6.07, 6.45) is 2.18. The summed E-state index contributed by atoms with van der Waals surface area (Å²) in [5.74, 6) is 1.25. The molecule has 0 aliphatic carbocycles. The van der Waals surface area contributed by atoms with E-state index in [1.165, 1.54) is 0 Å². The zero-order chi connectivity index (χ0) is 18.6. The van der Waals surface area contributed by atoms with Crippen LogP contribution in [0.5, 0.6) is 5.75 Å². The van der Waals surface area contributed by atoms with E-state index >= 15 is 0 Å². The van der Waals surface area contributed by atoms with Crippen LogP contribution in [-0.2, 0) is 11.3 Å². The number of aromatic amines is 1. The summed E-state index contributed by atoms with van der Waals surface area (Å²) in [5.41, 5.74) is 2.41. The molecule has 0 bridgehead atoms. The summed E-state index contributed by atoms with van der Waals surface area (Å²) in [4.78, 5) is 22.4. The van der Waals surface area contributed by atoms with Crippen LogP contribution < -0.4 is 4.74 Å². The number of aromatic nitrogens is 2. The van der Waals surface area contributed by atoms with Crippen LogP contribution in [0.3, 0.4) is 0 Å². The Hall–Kier alpha value is -2.86. The molecule has 0 saturated carbocycles. The molecule has 1 saturated heterocycles. The highest BCUT2D eigenvalue weighted by Gasteiger charge is 2.20. The second kappa shape index (κ2) is 7.80. The molecule has 4 rings (SSSR count). The topological polar surface area (TPSA) is 67.5 Å². The fourth-order valence-corrected chi connectivity index (χ4v) is 3.31. The average Bonchev–Trinajstić information content (AvgIpc) is 3.35. The fourth-order valence-electron chi connectivity index (χ4n) is 3.31. The number of imidazole rings is 1. The number of hydrogen-bond acceptors (Lipinski definition) is 4. The van der Waals surface area contributed by atoms with Gasteiger partial charge in [0.1, 0.15) is 18.2 Å². The lowest BCUT2D eigenvalue weighted by Gasteiger charge is -2.19. The Morgan fingerprint density at radius 3 is 2.89 bits per heavy atom. The molecule has 2 aromatic carbocycles. The van der Waals surface area contributed by atoms with E-state index in [9.17, 15) is 4.79 Å². The van der Waals surface area contributed by atoms with Crippen LogP contribution in [0.1, 0.15) is 29.0 Å². The van der Waals surface area contributed by atoms with Gasteiger partial charge in [0.25, 0.3) is 5.91 Å². The molecule has 1 aromatic heterocycles. The predicted molar refractivity (Wildman–Crippen MR) is 103 cm³/mol. The third-order valence-electron chi connectivity index (χ3n) is 4.74. The number of nitrogens with zero attached hydrogens (tertiary/aromatic N) is 2. The van der Waals surface area contributed by atoms with Gasteiger partial charge >= 0.3 is 0 Å². The minimum Gasteiger partial charge on any atom is -0.490 e. The van der Waals surface area contributed by atoms with Crippen LogP contribution >= 0.6 is 0 Å². The molecule has 6 heteroatoms. The molecule has 1 fully saturated rings. The predicted octanol–water partition coefficient (Wildman–Crippen LogP) is 3.39. The second-order valence-corrected chi connectivity index (χ2v) is 6.80. The Morgan fingerprint density at radius 1 is 1.26 bits per heavy atom. The van der Waals surface area contributed by atoms with Gasteiger partial charge in [-0.05, 0) is 37.1 Å². The van der Waals surface area contributed by atoms with E-state index in [-0.39, 0.29) is 12.0 Å². The molecule has 140 valence electrons. The quantitative estimate of drug-likeness (QED) is 0.727. The lowest BCUT2D eigenvalue weighted by atomic mass is 10.1. The Labute approximate surface area is 158 Å². The van der Waals surface area contributed by atoms with Crippen LogP contribution in [0.2, 0.25) is 0 Å². The third kappa shape index (κ3) is 3.95. The van der Waals surface area contributed by atoms with Crippen molar-refractivity contribution < 1.29 is 14.3 Å². The van der Waals surface area contributed by atoms with Gasteiger partial charge in [-0.25, -0.2) is 4.98 Å². The molecule has 0 unspecified atom stereocenters. The monoisotopic (exact) mass is 365 g/mol. The average molecular weight is 365 g/mol. The summed E-state index contributed by atoms with van der Waals surface area (Å²) < 4.78 is 11.5. The number of para-hydroxylation sites is 3. The first-order valence-electron chi connectivity index (χ1n) is 9.23. The molecule has 1 N–H and O–H groups in total. The number of carbonyl (C=O) groups excluding carboxylic acids is 1. The minimum atomic E-state index is -0.0987. The molecule has 0 spiro atoms. The standard InChI is InChI=1S/C21H23N3O3/c1-24(13-20-22-17-9-3-4-10-18(17)23-20)21(25)16-8-2-5-11-19(16)27-14-15-7-6-12-26-15/h2-5,8-11,15H,6-7,12-14H2,1H3,(H,22,23)/t15-/m0/s1. The van der Waals surface area contributed by atoms with E-state index in [1.807, 2.05) is 42.5 Å². The second-order valence-electron chi connectivity index (χ2n) is 6.80. The van der Waals surface area contributed by atoms with Gasteiger partial charge in [0, 0.05) is 13.7 Å². The van der Waals surface area contributed by atoms with Crippen molar-refractivity contribution in [1.82, 2.24) is 14.9 Å². The van der Waals surface area contributed by atoms with Crippen LogP contribution in [-0.4, -0.2) is 47.1 Å². The highest BCUT2D eigenvalue weighted by atomic mass is 16.5. The Kier molecular flexibility index (Phi) is 5.07. The number of rotatable bonds is 6. The largest absolute Gasteiger partial charge is 0.490 e. The number of nitrogens with one attached hydrogen (secondary N) is 1. The summed E-state index contributed by atoms with van der Waals surface area (Å²) in [7, 11) is 1.77. The molecule has 1 aliphatic rings. The van der Waals surface area contributed by atoms with Gasteiger partial charge in [0.05, 0.1) is 29.2 Å². The number of benzene rings is 2. The smallest absolute Gasteiger partial charge is 0.257 e. The molecule has 0 radical (unpaired) electrons. The molecule has 27 heavy (non-hydrogen) atoms. The molecule has 1 aliphatic heterocycles. The zero-order valence-corrected chi connectivity index (χ0v) is 15.4. The van der Waals surface area contributed by atoms with Crippen molar-refractivity contribution in [2.45, 2.75) is 25.5 Å². The number of amides is 1. The highest BCUT2D eigenvalue weighted by molar-refractivity contribution is 5.96. The van der Waals surface area contributed by atoms with E-state index in [2.05, 4.69) is 9.97 Å². The number of carbonyl (C=O) groups is 1. The van der Waals surface area contributed by atoms with Gasteiger partial charge in [-0.15, -0.1) is 0 Å². The van der Waals surface area contributed by atoms with E-state index in [0.717, 1.165) is 36.3 Å². The maximum atomic E-state index is 13.0. The summed E-state index contributed by atoms with van der Waals surface area (Å²) in [6, 6.07) is 15.2. The first-order valence-corrected chi connectivity index (χ1v) is 9.23. The van der Waals surface area contributed by atoms with Crippen LogP contribution in [0.25, 0.3) is 11.0 Å². The molecule has 6 nitrogen and oxygen atoms in total. The van der Waals surface area contributed by atoms with Crippen molar-refractivity contribution in [3.63, 3.8) is 0 Å². The van der Waals surface area contributed by atoms with Crippen molar-refractivity contribution in [3.05, 3.63) is 59.9 Å². The van der Waals surface area contributed by atoms with Crippen LogP contribution in [0.4, 0.5) is 0 Å². The van der Waals surface area contributed by atoms with Gasteiger partial charge in [0.15, 0.2) is 0 Å². The van der Waals surface area contributed by atoms with E-state index in [1.54, 1.807) is 18.0 Å². The lowest BCUT2D eigenvalue weighted by molar-refractivity contribution is 0.0656. The highest BCUT2D eigenvalue weighted by Crippen LogP contribution is 2.22. The van der Waals surface area contributed by atoms with E-state index in [0.29, 0.717) is 24.5 Å². The third-order valence-corrected chi connectivity index (χ3v) is 4.74. The molecule has 1 atom stereocenters. The van der Waals surface area contributed by atoms with Crippen LogP contribution in [0, 0.1) is 0 Å². The number of ether oxygens (including phenoxy) is 2. The van der Waals surface area contributed by atoms with Crippen molar-refractivity contribution in [2.24, 2.45) is 0 Å².